The van der Waals surface area contributed by atoms with Crippen molar-refractivity contribution in [2.75, 3.05) is 0 Å². The molecule has 0 radical (unpaired) electrons. The van der Waals surface area contributed by atoms with E-state index in [1.807, 2.05) is 0 Å². The number of halogens is 9. The van der Waals surface area contributed by atoms with Crippen molar-refractivity contribution in [2.24, 2.45) is 0 Å². The Balaban J connectivity index is 2.28. The van der Waals surface area contributed by atoms with Crippen LogP contribution in [0, 0.1) is 13.8 Å². The standard InChI is InChI=1S/C25H19F9O2S/c1-16-8-12-19(13-9-16)37(18-6-4-3-5-7-18,20-14-10-17(2)11-15-20)36-21(35)22(26,27)23(28,29)24(30,31)25(32,33)34/h3-15H,1-2H3. The van der Waals surface area contributed by atoms with E-state index in [9.17, 15) is 44.3 Å². The lowest BCUT2D eigenvalue weighted by atomic mass is 10.0. The Morgan fingerprint density at radius 2 is 0.973 bits per heavy atom. The Kier molecular flexibility index (Phi) is 7.39. The van der Waals surface area contributed by atoms with Crippen molar-refractivity contribution in [2.45, 2.75) is 52.5 Å². The summed E-state index contributed by atoms with van der Waals surface area (Å²) < 4.78 is 127. The number of hydrogen-bond acceptors (Lipinski definition) is 2. The maximum absolute atomic E-state index is 14.6. The molecule has 0 saturated carbocycles. The molecule has 3 aromatic rings. The average Bonchev–Trinajstić information content (AvgIpc) is 2.83. The third-order valence-electron chi connectivity index (χ3n) is 5.38. The number of carbonyl (C=O) groups is 1. The minimum absolute atomic E-state index is 0.0257. The summed E-state index contributed by atoms with van der Waals surface area (Å²) in [7, 11) is -3.68. The van der Waals surface area contributed by atoms with Crippen molar-refractivity contribution in [3.8, 4) is 0 Å². The van der Waals surface area contributed by atoms with E-state index in [0.717, 1.165) is 0 Å². The van der Waals surface area contributed by atoms with Crippen LogP contribution in [0.1, 0.15) is 11.1 Å². The van der Waals surface area contributed by atoms with E-state index in [2.05, 4.69) is 0 Å². The van der Waals surface area contributed by atoms with Gasteiger partial charge in [-0.3, -0.25) is 0 Å². The van der Waals surface area contributed by atoms with E-state index in [4.69, 9.17) is 4.18 Å². The summed E-state index contributed by atoms with van der Waals surface area (Å²) in [5, 5.41) is 0. The van der Waals surface area contributed by atoms with Gasteiger partial charge in [0.05, 0.1) is 0 Å². The highest BCUT2D eigenvalue weighted by Gasteiger charge is 2.84. The monoisotopic (exact) mass is 554 g/mol. The molecule has 0 spiro atoms. The van der Waals surface area contributed by atoms with Crippen LogP contribution in [-0.2, 0) is 8.98 Å². The normalized spacial score (nSPS) is 13.8. The Hall–Kier alpha value is -3.15. The fourth-order valence-corrected chi connectivity index (χ4v) is 6.31. The van der Waals surface area contributed by atoms with Gasteiger partial charge in [-0.05, 0) is 60.6 Å². The second-order valence-corrected chi connectivity index (χ2v) is 10.8. The number of alkyl halides is 9. The zero-order valence-corrected chi connectivity index (χ0v) is 19.9. The fourth-order valence-electron chi connectivity index (χ4n) is 3.29. The maximum Gasteiger partial charge on any atom is 0.460 e. The lowest BCUT2D eigenvalue weighted by Crippen LogP contribution is -2.63. The Bertz CT molecular complexity index is 1190. The van der Waals surface area contributed by atoms with Crippen LogP contribution in [0.25, 0.3) is 0 Å². The summed E-state index contributed by atoms with van der Waals surface area (Å²) in [6, 6.07) is 18.5. The Morgan fingerprint density at radius 1 is 0.595 bits per heavy atom. The van der Waals surface area contributed by atoms with Crippen molar-refractivity contribution in [1.82, 2.24) is 0 Å². The summed E-state index contributed by atoms with van der Waals surface area (Å²) in [5.74, 6) is -24.2. The molecule has 0 saturated heterocycles. The van der Waals surface area contributed by atoms with Crippen molar-refractivity contribution in [3.63, 3.8) is 0 Å². The smallest absolute Gasteiger partial charge is 0.397 e. The van der Waals surface area contributed by atoms with Crippen LogP contribution >= 0.6 is 10.3 Å². The molecule has 0 fully saturated rings. The number of benzene rings is 3. The first kappa shape index (κ1) is 28.4. The molecule has 3 aromatic carbocycles. The van der Waals surface area contributed by atoms with Gasteiger partial charge in [-0.25, -0.2) is 4.79 Å². The molecule has 0 aliphatic heterocycles. The van der Waals surface area contributed by atoms with Crippen molar-refractivity contribution in [1.29, 1.82) is 0 Å². The summed E-state index contributed by atoms with van der Waals surface area (Å²) in [4.78, 5) is 12.7. The molecule has 0 aromatic heterocycles. The van der Waals surface area contributed by atoms with Gasteiger partial charge in [0.2, 0.25) is 0 Å². The van der Waals surface area contributed by atoms with Gasteiger partial charge in [0.15, 0.2) is 0 Å². The quantitative estimate of drug-likeness (QED) is 0.274. The van der Waals surface area contributed by atoms with Crippen molar-refractivity contribution < 1.29 is 48.5 Å². The summed E-state index contributed by atoms with van der Waals surface area (Å²) in [6.45, 7) is 3.35. The highest BCUT2D eigenvalue weighted by atomic mass is 32.3. The lowest BCUT2D eigenvalue weighted by molar-refractivity contribution is -0.390. The van der Waals surface area contributed by atoms with Gasteiger partial charge in [-0.15, -0.1) is 0 Å². The van der Waals surface area contributed by atoms with E-state index in [1.165, 1.54) is 78.9 Å². The molecule has 3 rings (SSSR count). The summed E-state index contributed by atoms with van der Waals surface area (Å²) >= 11 is 0. The molecule has 0 unspecified atom stereocenters. The molecule has 0 atom stereocenters. The predicted octanol–water partition coefficient (Wildman–Crippen LogP) is 8.51. The average molecular weight is 554 g/mol. The number of carbonyl (C=O) groups excluding carboxylic acids is 1. The van der Waals surface area contributed by atoms with Crippen molar-refractivity contribution >= 4 is 16.3 Å². The molecule has 12 heteroatoms. The minimum atomic E-state index is -7.24. The third-order valence-corrected chi connectivity index (χ3v) is 8.59. The highest BCUT2D eigenvalue weighted by Crippen LogP contribution is 2.70. The number of aryl methyl sites for hydroxylation is 2. The first-order chi connectivity index (χ1) is 17.0. The third kappa shape index (κ3) is 4.78. The van der Waals surface area contributed by atoms with E-state index >= 15 is 0 Å². The number of hydrogen-bond donors (Lipinski definition) is 0. The van der Waals surface area contributed by atoms with E-state index in [-0.39, 0.29) is 14.7 Å². The zero-order chi connectivity index (χ0) is 27.9. The van der Waals surface area contributed by atoms with Gasteiger partial charge < -0.3 is 4.18 Å². The molecular weight excluding hydrogens is 535 g/mol. The molecule has 0 amide bonds. The predicted molar refractivity (Wildman–Crippen MR) is 118 cm³/mol. The lowest BCUT2D eigenvalue weighted by Gasteiger charge is -2.41. The topological polar surface area (TPSA) is 26.3 Å². The van der Waals surface area contributed by atoms with Crippen LogP contribution in [-0.4, -0.2) is 29.9 Å². The van der Waals surface area contributed by atoms with Crippen LogP contribution < -0.4 is 0 Å². The second-order valence-electron chi connectivity index (χ2n) is 8.09. The first-order valence-electron chi connectivity index (χ1n) is 10.4. The van der Waals surface area contributed by atoms with Gasteiger partial charge >= 0.3 is 29.9 Å². The molecule has 0 aliphatic rings. The highest BCUT2D eigenvalue weighted by molar-refractivity contribution is 8.30. The molecule has 0 heterocycles. The zero-order valence-electron chi connectivity index (χ0n) is 19.1. The summed E-state index contributed by atoms with van der Waals surface area (Å²) in [6.07, 6.45) is -7.07. The fraction of sp³-hybridized carbons (Fsp3) is 0.240. The largest absolute Gasteiger partial charge is 0.460 e. The molecule has 0 N–H and O–H groups in total. The molecule has 2 nitrogen and oxygen atoms in total. The van der Waals surface area contributed by atoms with Gasteiger partial charge in [0, 0.05) is 14.7 Å². The van der Waals surface area contributed by atoms with Crippen LogP contribution in [0.4, 0.5) is 39.5 Å². The van der Waals surface area contributed by atoms with E-state index in [0.29, 0.717) is 11.1 Å². The van der Waals surface area contributed by atoms with Crippen LogP contribution in [0.2, 0.25) is 0 Å². The molecule has 0 aliphatic carbocycles. The Morgan fingerprint density at radius 3 is 1.35 bits per heavy atom. The molecule has 0 bridgehead atoms. The van der Waals surface area contributed by atoms with Gasteiger partial charge in [0.25, 0.3) is 0 Å². The van der Waals surface area contributed by atoms with Crippen LogP contribution in [0.15, 0.2) is 93.5 Å². The molecular formula is C25H19F9O2S. The van der Waals surface area contributed by atoms with Gasteiger partial charge in [0.1, 0.15) is 0 Å². The van der Waals surface area contributed by atoms with Crippen molar-refractivity contribution in [3.05, 3.63) is 90.0 Å². The SMILES string of the molecule is Cc1ccc(S(OC(=O)C(F)(F)C(F)(F)C(F)(F)C(F)(F)F)(c2ccccc2)c2ccc(C)cc2)cc1. The van der Waals surface area contributed by atoms with E-state index in [1.54, 1.807) is 13.8 Å². The van der Waals surface area contributed by atoms with Crippen LogP contribution in [0.5, 0.6) is 0 Å². The maximum atomic E-state index is 14.6. The van der Waals surface area contributed by atoms with Crippen LogP contribution in [0.3, 0.4) is 0 Å². The van der Waals surface area contributed by atoms with Gasteiger partial charge in [-0.2, -0.15) is 39.5 Å². The Labute approximate surface area is 207 Å². The molecule has 37 heavy (non-hydrogen) atoms. The van der Waals surface area contributed by atoms with Gasteiger partial charge in [-0.1, -0.05) is 53.6 Å². The first-order valence-corrected chi connectivity index (χ1v) is 12.0. The number of rotatable bonds is 7. The molecule has 200 valence electrons. The second kappa shape index (κ2) is 9.62. The summed E-state index contributed by atoms with van der Waals surface area (Å²) in [5.41, 5.74) is 1.36. The minimum Gasteiger partial charge on any atom is -0.397 e. The van der Waals surface area contributed by atoms with E-state index < -0.39 is 40.2 Å².